The molecular weight excluding hydrogens is 478 g/mol. The van der Waals surface area contributed by atoms with Crippen LogP contribution in [0.15, 0.2) is 90.0 Å². The van der Waals surface area contributed by atoms with Crippen LogP contribution >= 0.6 is 11.6 Å². The van der Waals surface area contributed by atoms with Crippen molar-refractivity contribution in [1.29, 1.82) is 0 Å². The van der Waals surface area contributed by atoms with Crippen molar-refractivity contribution < 1.29 is 19.1 Å². The lowest BCUT2D eigenvalue weighted by Gasteiger charge is -2.11. The van der Waals surface area contributed by atoms with Crippen LogP contribution in [0.3, 0.4) is 0 Å². The first-order chi connectivity index (χ1) is 17.4. The van der Waals surface area contributed by atoms with Gasteiger partial charge in [-0.25, -0.2) is 10.2 Å². The molecule has 0 spiro atoms. The van der Waals surface area contributed by atoms with Crippen LogP contribution in [0, 0.1) is 6.92 Å². The Hall–Kier alpha value is -4.49. The van der Waals surface area contributed by atoms with Crippen molar-refractivity contribution in [3.8, 4) is 5.75 Å². The largest absolute Gasteiger partial charge is 0.422 e. The predicted molar refractivity (Wildman–Crippen MR) is 140 cm³/mol. The Balaban J connectivity index is 1.47. The number of nitrogens with one attached hydrogen (secondary N) is 2. The molecule has 4 rings (SSSR count). The zero-order chi connectivity index (χ0) is 25.5. The van der Waals surface area contributed by atoms with Crippen LogP contribution in [-0.2, 0) is 4.79 Å². The van der Waals surface area contributed by atoms with E-state index in [1.165, 1.54) is 12.3 Å². The van der Waals surface area contributed by atoms with Gasteiger partial charge in [-0.2, -0.15) is 5.10 Å². The molecule has 0 saturated carbocycles. The highest BCUT2D eigenvalue weighted by Gasteiger charge is 2.14. The Kier molecular flexibility index (Phi) is 7.72. The first-order valence-electron chi connectivity index (χ1n) is 11.1. The molecule has 0 unspecified atom stereocenters. The lowest BCUT2D eigenvalue weighted by molar-refractivity contribution is -0.120. The molecule has 180 valence electrons. The number of hydrogen-bond acceptors (Lipinski definition) is 5. The van der Waals surface area contributed by atoms with E-state index in [0.29, 0.717) is 27.5 Å². The monoisotopic (exact) mass is 499 g/mol. The zero-order valence-electron chi connectivity index (χ0n) is 19.3. The van der Waals surface area contributed by atoms with E-state index < -0.39 is 17.8 Å². The number of carbonyl (C=O) groups excluding carboxylic acids is 3. The van der Waals surface area contributed by atoms with Gasteiger partial charge in [0.25, 0.3) is 11.8 Å². The quantitative estimate of drug-likeness (QED) is 0.163. The minimum Gasteiger partial charge on any atom is -0.422 e. The third kappa shape index (κ3) is 6.14. The normalized spacial score (nSPS) is 10.8. The van der Waals surface area contributed by atoms with Gasteiger partial charge in [-0.15, -0.1) is 0 Å². The minimum absolute atomic E-state index is 0.284. The summed E-state index contributed by atoms with van der Waals surface area (Å²) in [4.78, 5) is 37.1. The van der Waals surface area contributed by atoms with Crippen LogP contribution in [0.5, 0.6) is 5.75 Å². The summed E-state index contributed by atoms with van der Waals surface area (Å²) in [5.74, 6) is -1.17. The summed E-state index contributed by atoms with van der Waals surface area (Å²) < 4.78 is 5.66. The second kappa shape index (κ2) is 11.3. The summed E-state index contributed by atoms with van der Waals surface area (Å²) in [6.07, 6.45) is 1.41. The van der Waals surface area contributed by atoms with Gasteiger partial charge in [0.1, 0.15) is 5.75 Å². The fraction of sp³-hybridized carbons (Fsp3) is 0.0714. The topological polar surface area (TPSA) is 96.9 Å². The van der Waals surface area contributed by atoms with Crippen LogP contribution in [0.1, 0.15) is 31.8 Å². The Morgan fingerprint density at radius 1 is 0.917 bits per heavy atom. The Morgan fingerprint density at radius 2 is 1.69 bits per heavy atom. The van der Waals surface area contributed by atoms with E-state index in [0.717, 1.165) is 16.3 Å². The molecule has 0 heterocycles. The Morgan fingerprint density at radius 3 is 2.47 bits per heavy atom. The Labute approximate surface area is 212 Å². The molecule has 4 aromatic rings. The van der Waals surface area contributed by atoms with E-state index in [2.05, 4.69) is 15.8 Å². The second-order valence-corrected chi connectivity index (χ2v) is 8.38. The van der Waals surface area contributed by atoms with E-state index in [9.17, 15) is 14.4 Å². The average molecular weight is 500 g/mol. The molecule has 0 aliphatic heterocycles. The predicted octanol–water partition coefficient (Wildman–Crippen LogP) is 4.90. The molecule has 0 atom stereocenters. The van der Waals surface area contributed by atoms with Gasteiger partial charge in [0.05, 0.1) is 18.3 Å². The van der Waals surface area contributed by atoms with Gasteiger partial charge in [0.2, 0.25) is 0 Å². The smallest absolute Gasteiger partial charge is 0.343 e. The zero-order valence-corrected chi connectivity index (χ0v) is 20.1. The van der Waals surface area contributed by atoms with E-state index in [1.54, 1.807) is 36.4 Å². The van der Waals surface area contributed by atoms with Crippen molar-refractivity contribution in [2.45, 2.75) is 6.92 Å². The number of halogens is 1. The van der Waals surface area contributed by atoms with E-state index >= 15 is 0 Å². The van der Waals surface area contributed by atoms with E-state index in [1.807, 2.05) is 49.4 Å². The fourth-order valence-electron chi connectivity index (χ4n) is 3.45. The van der Waals surface area contributed by atoms with Gasteiger partial charge in [0, 0.05) is 16.1 Å². The van der Waals surface area contributed by atoms with Crippen molar-refractivity contribution in [2.24, 2.45) is 5.10 Å². The molecule has 0 bridgehead atoms. The highest BCUT2D eigenvalue weighted by molar-refractivity contribution is 6.31. The van der Waals surface area contributed by atoms with Gasteiger partial charge in [-0.1, -0.05) is 65.7 Å². The van der Waals surface area contributed by atoms with Crippen LogP contribution < -0.4 is 15.5 Å². The fourth-order valence-corrected chi connectivity index (χ4v) is 3.64. The summed E-state index contributed by atoms with van der Waals surface area (Å²) >= 11 is 5.90. The molecule has 0 aliphatic carbocycles. The maximum absolute atomic E-state index is 12.7. The van der Waals surface area contributed by atoms with E-state index in [-0.39, 0.29) is 6.54 Å². The molecule has 0 aliphatic rings. The average Bonchev–Trinajstić information content (AvgIpc) is 2.88. The summed E-state index contributed by atoms with van der Waals surface area (Å²) in [6.45, 7) is 1.65. The lowest BCUT2D eigenvalue weighted by atomic mass is 10.0. The second-order valence-electron chi connectivity index (χ2n) is 7.94. The molecule has 36 heavy (non-hydrogen) atoms. The number of nitrogens with zero attached hydrogens (tertiary/aromatic N) is 1. The summed E-state index contributed by atoms with van der Waals surface area (Å²) in [5, 5.41) is 8.66. The van der Waals surface area contributed by atoms with Crippen LogP contribution in [0.2, 0.25) is 5.02 Å². The number of rotatable bonds is 7. The minimum atomic E-state index is -0.528. The van der Waals surface area contributed by atoms with Gasteiger partial charge in [0.15, 0.2) is 0 Å². The summed E-state index contributed by atoms with van der Waals surface area (Å²) in [6, 6.07) is 24.5. The number of fused-ring (bicyclic) bond motifs is 1. The highest BCUT2D eigenvalue weighted by atomic mass is 35.5. The maximum atomic E-state index is 12.7. The SMILES string of the molecule is Cc1ccc(C(=O)Oc2ccc3ccccc3c2/C=N/NC(=O)CNC(=O)c2cccc(Cl)c2)cc1. The Bertz CT molecular complexity index is 1470. The third-order valence-corrected chi connectivity index (χ3v) is 5.53. The van der Waals surface area contributed by atoms with Crippen LogP contribution in [0.25, 0.3) is 10.8 Å². The molecule has 2 amide bonds. The molecular formula is C28H22ClN3O4. The summed E-state index contributed by atoms with van der Waals surface area (Å²) in [7, 11) is 0. The first kappa shape index (κ1) is 24.6. The third-order valence-electron chi connectivity index (χ3n) is 5.30. The molecule has 0 fully saturated rings. The van der Waals surface area contributed by atoms with Crippen molar-refractivity contribution >= 4 is 46.4 Å². The molecule has 7 nitrogen and oxygen atoms in total. The first-order valence-corrected chi connectivity index (χ1v) is 11.4. The van der Waals surface area contributed by atoms with Crippen molar-refractivity contribution in [3.63, 3.8) is 0 Å². The molecule has 0 saturated heterocycles. The number of carbonyl (C=O) groups is 3. The number of benzene rings is 4. The van der Waals surface area contributed by atoms with Gasteiger partial charge >= 0.3 is 5.97 Å². The number of ether oxygens (including phenoxy) is 1. The van der Waals surface area contributed by atoms with Crippen molar-refractivity contribution in [1.82, 2.24) is 10.7 Å². The van der Waals surface area contributed by atoms with Crippen molar-refractivity contribution in [3.05, 3.63) is 112 Å². The van der Waals surface area contributed by atoms with Gasteiger partial charge in [-0.05, 0) is 54.1 Å². The lowest BCUT2D eigenvalue weighted by Crippen LogP contribution is -2.34. The maximum Gasteiger partial charge on any atom is 0.343 e. The number of hydrogen-bond donors (Lipinski definition) is 2. The van der Waals surface area contributed by atoms with E-state index in [4.69, 9.17) is 16.3 Å². The van der Waals surface area contributed by atoms with Crippen LogP contribution in [0.4, 0.5) is 0 Å². The number of hydrazone groups is 1. The standard InChI is InChI=1S/C28H22ClN3O4/c1-18-9-11-20(12-10-18)28(35)36-25-14-13-19-5-2-3-8-23(19)24(25)16-31-32-26(33)17-30-27(34)21-6-4-7-22(29)15-21/h2-16H,17H2,1H3,(H,30,34)(H,32,33)/b31-16+. The summed E-state index contributed by atoms with van der Waals surface area (Å²) in [5.41, 5.74) is 4.70. The number of amides is 2. The van der Waals surface area contributed by atoms with Crippen LogP contribution in [-0.4, -0.2) is 30.5 Å². The molecule has 4 aromatic carbocycles. The molecule has 0 radical (unpaired) electrons. The number of esters is 1. The van der Waals surface area contributed by atoms with Gasteiger partial charge in [-0.3, -0.25) is 9.59 Å². The molecule has 2 N–H and O–H groups in total. The molecule has 0 aromatic heterocycles. The molecule has 8 heteroatoms. The van der Waals surface area contributed by atoms with Crippen molar-refractivity contribution in [2.75, 3.05) is 6.54 Å². The number of aryl methyl sites for hydroxylation is 1. The van der Waals surface area contributed by atoms with Gasteiger partial charge < -0.3 is 10.1 Å². The highest BCUT2D eigenvalue weighted by Crippen LogP contribution is 2.27.